The van der Waals surface area contributed by atoms with Gasteiger partial charge in [0.25, 0.3) is 0 Å². The van der Waals surface area contributed by atoms with E-state index < -0.39 is 21.8 Å². The summed E-state index contributed by atoms with van der Waals surface area (Å²) in [5, 5.41) is 13.4. The maximum Gasteiger partial charge on any atom is 0.309 e. The molecule has 1 fully saturated rings. The van der Waals surface area contributed by atoms with Crippen molar-refractivity contribution in [3.05, 3.63) is 30.3 Å². The summed E-state index contributed by atoms with van der Waals surface area (Å²) in [5.41, 5.74) is 0. The normalized spacial score (nSPS) is 18.3. The predicted octanol–water partition coefficient (Wildman–Crippen LogP) is -0.155. The van der Waals surface area contributed by atoms with Gasteiger partial charge in [0.1, 0.15) is 0 Å². The van der Waals surface area contributed by atoms with Crippen LogP contribution in [-0.4, -0.2) is 61.9 Å². The first-order valence-electron chi connectivity index (χ1n) is 8.70. The molecule has 2 rings (SSSR count). The zero-order valence-electron chi connectivity index (χ0n) is 14.6. The lowest BCUT2D eigenvalue weighted by Gasteiger charge is -2.34. The van der Waals surface area contributed by atoms with Crippen molar-refractivity contribution in [1.82, 2.24) is 14.9 Å². The summed E-state index contributed by atoms with van der Waals surface area (Å²) >= 11 is 0. The van der Waals surface area contributed by atoms with Crippen LogP contribution >= 0.6 is 0 Å². The topological polar surface area (TPSA) is 116 Å². The fourth-order valence-corrected chi connectivity index (χ4v) is 4.73. The van der Waals surface area contributed by atoms with Crippen molar-refractivity contribution in [2.24, 2.45) is 0 Å². The van der Waals surface area contributed by atoms with Crippen LogP contribution in [-0.2, 0) is 19.6 Å². The third-order valence-corrected chi connectivity index (χ3v) is 6.26. The molecule has 26 heavy (non-hydrogen) atoms. The van der Waals surface area contributed by atoms with Crippen molar-refractivity contribution in [2.45, 2.75) is 36.6 Å². The average Bonchev–Trinajstić information content (AvgIpc) is 2.67. The van der Waals surface area contributed by atoms with Gasteiger partial charge in [0.15, 0.2) is 0 Å². The Balaban J connectivity index is 1.95. The molecule has 9 heteroatoms. The first-order chi connectivity index (χ1) is 12.5. The second-order valence-electron chi connectivity index (χ2n) is 6.10. The van der Waals surface area contributed by atoms with Gasteiger partial charge in [-0.25, -0.2) is 8.42 Å². The Labute approximate surface area is 153 Å². The molecule has 0 unspecified atom stereocenters. The van der Waals surface area contributed by atoms with E-state index in [4.69, 9.17) is 5.11 Å². The smallest absolute Gasteiger partial charge is 0.309 e. The van der Waals surface area contributed by atoms with Crippen LogP contribution in [0.3, 0.4) is 0 Å². The molecule has 3 N–H and O–H groups in total. The van der Waals surface area contributed by atoms with Gasteiger partial charge in [-0.15, -0.1) is 0 Å². The number of aliphatic hydroxyl groups is 1. The molecular weight excluding hydrogens is 358 g/mol. The minimum absolute atomic E-state index is 0.0119. The lowest BCUT2D eigenvalue weighted by atomic mass is 10.0. The number of rotatable bonds is 7. The van der Waals surface area contributed by atoms with Crippen molar-refractivity contribution in [3.8, 4) is 0 Å². The number of piperidine rings is 1. The number of hydrogen-bond donors (Lipinski definition) is 3. The Morgan fingerprint density at radius 3 is 2.38 bits per heavy atom. The summed E-state index contributed by atoms with van der Waals surface area (Å²) < 4.78 is 27.2. The molecule has 1 aromatic carbocycles. The van der Waals surface area contributed by atoms with E-state index >= 15 is 0 Å². The summed E-state index contributed by atoms with van der Waals surface area (Å²) in [6, 6.07) is 8.09. The highest BCUT2D eigenvalue weighted by Crippen LogP contribution is 2.26. The number of amides is 2. The van der Waals surface area contributed by atoms with Gasteiger partial charge in [0.05, 0.1) is 11.5 Å². The Kier molecular flexibility index (Phi) is 7.55. The van der Waals surface area contributed by atoms with Gasteiger partial charge >= 0.3 is 11.8 Å². The van der Waals surface area contributed by atoms with Gasteiger partial charge in [-0.3, -0.25) is 9.59 Å². The summed E-state index contributed by atoms with van der Waals surface area (Å²) in [6.45, 7) is 0.426. The monoisotopic (exact) mass is 383 g/mol. The molecule has 1 atom stereocenters. The lowest BCUT2D eigenvalue weighted by Crippen LogP contribution is -2.46. The van der Waals surface area contributed by atoms with E-state index in [2.05, 4.69) is 10.6 Å². The van der Waals surface area contributed by atoms with E-state index in [1.54, 1.807) is 30.3 Å². The minimum atomic E-state index is -3.58. The number of carbonyl (C=O) groups excluding carboxylic acids is 2. The number of benzene rings is 1. The molecule has 0 spiro atoms. The van der Waals surface area contributed by atoms with Gasteiger partial charge in [0, 0.05) is 25.7 Å². The Bertz CT molecular complexity index is 708. The molecule has 0 radical (unpaired) electrons. The third-order valence-electron chi connectivity index (χ3n) is 4.29. The molecule has 1 aliphatic heterocycles. The molecule has 1 saturated heterocycles. The number of nitrogens with zero attached hydrogens (tertiary/aromatic N) is 1. The number of sulfonamides is 1. The Morgan fingerprint density at radius 2 is 1.73 bits per heavy atom. The van der Waals surface area contributed by atoms with Gasteiger partial charge in [-0.1, -0.05) is 24.6 Å². The summed E-state index contributed by atoms with van der Waals surface area (Å²) in [6.07, 6.45) is 2.89. The Morgan fingerprint density at radius 1 is 1.08 bits per heavy atom. The van der Waals surface area contributed by atoms with Gasteiger partial charge in [-0.05, 0) is 31.4 Å². The molecule has 144 valence electrons. The largest absolute Gasteiger partial charge is 0.395 e. The fraction of sp³-hybridized carbons (Fsp3) is 0.529. The molecule has 2 amide bonds. The minimum Gasteiger partial charge on any atom is -0.395 e. The quantitative estimate of drug-likeness (QED) is 0.566. The van der Waals surface area contributed by atoms with Gasteiger partial charge < -0.3 is 15.7 Å². The van der Waals surface area contributed by atoms with E-state index in [0.717, 1.165) is 19.3 Å². The second kappa shape index (κ2) is 9.65. The van der Waals surface area contributed by atoms with Crippen molar-refractivity contribution in [2.75, 3.05) is 26.2 Å². The van der Waals surface area contributed by atoms with E-state index in [0.29, 0.717) is 13.0 Å². The molecule has 0 aromatic heterocycles. The second-order valence-corrected chi connectivity index (χ2v) is 7.99. The van der Waals surface area contributed by atoms with Crippen LogP contribution in [0.2, 0.25) is 0 Å². The van der Waals surface area contributed by atoms with Crippen LogP contribution in [0.15, 0.2) is 35.2 Å². The van der Waals surface area contributed by atoms with Crippen LogP contribution in [0.1, 0.15) is 25.7 Å². The number of hydrogen-bond acceptors (Lipinski definition) is 5. The fourth-order valence-electron chi connectivity index (χ4n) is 2.99. The maximum absolute atomic E-state index is 12.9. The molecule has 1 heterocycles. The summed E-state index contributed by atoms with van der Waals surface area (Å²) in [4.78, 5) is 23.4. The van der Waals surface area contributed by atoms with Gasteiger partial charge in [0.2, 0.25) is 10.0 Å². The highest BCUT2D eigenvalue weighted by Gasteiger charge is 2.33. The van der Waals surface area contributed by atoms with Crippen molar-refractivity contribution < 1.29 is 23.1 Å². The van der Waals surface area contributed by atoms with Crippen LogP contribution in [0.4, 0.5) is 0 Å². The first-order valence-corrected chi connectivity index (χ1v) is 10.1. The van der Waals surface area contributed by atoms with Crippen molar-refractivity contribution >= 4 is 21.8 Å². The third kappa shape index (κ3) is 5.26. The van der Waals surface area contributed by atoms with Crippen LogP contribution in [0.25, 0.3) is 0 Å². The van der Waals surface area contributed by atoms with Crippen LogP contribution < -0.4 is 10.6 Å². The summed E-state index contributed by atoms with van der Waals surface area (Å²) in [5.74, 6) is -1.59. The summed E-state index contributed by atoms with van der Waals surface area (Å²) in [7, 11) is -3.58. The number of nitrogens with one attached hydrogen (secondary N) is 2. The molecule has 0 bridgehead atoms. The highest BCUT2D eigenvalue weighted by atomic mass is 32.2. The standard InChI is InChI=1S/C17H25N3O5S/c21-13-11-19-17(23)16(22)18-10-9-14-6-4-5-12-20(14)26(24,25)15-7-2-1-3-8-15/h1-3,7-8,14,21H,4-6,9-13H2,(H,18,22)(H,19,23)/t14-/m1/s1. The van der Waals surface area contributed by atoms with Crippen LogP contribution in [0, 0.1) is 0 Å². The molecular formula is C17H25N3O5S. The van der Waals surface area contributed by atoms with Gasteiger partial charge in [-0.2, -0.15) is 4.31 Å². The average molecular weight is 383 g/mol. The van der Waals surface area contributed by atoms with Crippen LogP contribution in [0.5, 0.6) is 0 Å². The van der Waals surface area contributed by atoms with Crippen molar-refractivity contribution in [3.63, 3.8) is 0 Å². The zero-order valence-corrected chi connectivity index (χ0v) is 15.4. The highest BCUT2D eigenvalue weighted by molar-refractivity contribution is 7.89. The molecule has 0 saturated carbocycles. The molecule has 1 aliphatic rings. The molecule has 1 aromatic rings. The van der Waals surface area contributed by atoms with E-state index in [1.165, 1.54) is 4.31 Å². The Hall–Kier alpha value is -1.97. The number of aliphatic hydroxyl groups excluding tert-OH is 1. The lowest BCUT2D eigenvalue weighted by molar-refractivity contribution is -0.139. The van der Waals surface area contributed by atoms with E-state index in [-0.39, 0.29) is 30.6 Å². The van der Waals surface area contributed by atoms with E-state index in [1.807, 2.05) is 0 Å². The van der Waals surface area contributed by atoms with E-state index in [9.17, 15) is 18.0 Å². The first kappa shape index (κ1) is 20.3. The molecule has 0 aliphatic carbocycles. The predicted molar refractivity (Wildman–Crippen MR) is 95.7 cm³/mol. The maximum atomic E-state index is 12.9. The zero-order chi connectivity index (χ0) is 19.0. The number of carbonyl (C=O) groups is 2. The SMILES string of the molecule is O=C(NCCO)C(=O)NCC[C@H]1CCCCN1S(=O)(=O)c1ccccc1. The van der Waals surface area contributed by atoms with Crippen molar-refractivity contribution in [1.29, 1.82) is 0 Å². The molecule has 8 nitrogen and oxygen atoms in total.